The summed E-state index contributed by atoms with van der Waals surface area (Å²) < 4.78 is 0. The molecule has 0 fully saturated rings. The lowest BCUT2D eigenvalue weighted by molar-refractivity contribution is 0.889. The van der Waals surface area contributed by atoms with E-state index in [1.807, 2.05) is 36.5 Å². The molecule has 4 aromatic rings. The van der Waals surface area contributed by atoms with Gasteiger partial charge in [-0.15, -0.1) is 10.2 Å². The highest BCUT2D eigenvalue weighted by Gasteiger charge is 1.91. The Morgan fingerprint density at radius 3 is 2.78 bits per heavy atom. The molecule has 18 heavy (non-hydrogen) atoms. The van der Waals surface area contributed by atoms with Gasteiger partial charge in [0.15, 0.2) is 5.65 Å². The van der Waals surface area contributed by atoms with Crippen molar-refractivity contribution in [3.05, 3.63) is 48.9 Å². The monoisotopic (exact) mass is 238 g/mol. The second kappa shape index (κ2) is 4.62. The van der Waals surface area contributed by atoms with E-state index in [-0.39, 0.29) is 0 Å². The Morgan fingerprint density at radius 2 is 1.89 bits per heavy atom. The van der Waals surface area contributed by atoms with Crippen molar-refractivity contribution in [2.75, 3.05) is 0 Å². The van der Waals surface area contributed by atoms with Gasteiger partial charge in [0.05, 0.1) is 17.9 Å². The molecule has 0 saturated heterocycles. The summed E-state index contributed by atoms with van der Waals surface area (Å²) in [5.74, 6) is 0. The first-order valence-electron chi connectivity index (χ1n) is 5.43. The zero-order valence-electron chi connectivity index (χ0n) is 9.41. The third-order valence-corrected chi connectivity index (χ3v) is 2.50. The topological polar surface area (TPSA) is 83.1 Å². The van der Waals surface area contributed by atoms with Crippen molar-refractivity contribution < 1.29 is 0 Å². The van der Waals surface area contributed by atoms with E-state index < -0.39 is 0 Å². The highest BCUT2D eigenvalue weighted by Crippen LogP contribution is 2.07. The van der Waals surface area contributed by atoms with Gasteiger partial charge in [0, 0.05) is 17.0 Å². The Labute approximate surface area is 102 Å². The average molecular weight is 238 g/mol. The quantitative estimate of drug-likeness (QED) is 0.490. The smallest absolute Gasteiger partial charge is 0.163 e. The minimum Gasteiger partial charge on any atom is -0.345 e. The molecule has 0 bridgehead atoms. The van der Waals surface area contributed by atoms with E-state index in [4.69, 9.17) is 0 Å². The predicted octanol–water partition coefficient (Wildman–Crippen LogP) is 1.92. The zero-order valence-corrected chi connectivity index (χ0v) is 9.41. The number of aromatic nitrogens is 6. The third-order valence-electron chi connectivity index (χ3n) is 2.50. The van der Waals surface area contributed by atoms with Crippen molar-refractivity contribution in [1.82, 2.24) is 30.6 Å². The number of para-hydroxylation sites is 1. The second-order valence-electron chi connectivity index (χ2n) is 3.67. The fraction of sp³-hybridized carbons (Fsp3) is 0. The fourth-order valence-corrected chi connectivity index (χ4v) is 1.60. The number of aromatic amines is 2. The van der Waals surface area contributed by atoms with Crippen LogP contribution in [-0.2, 0) is 0 Å². The van der Waals surface area contributed by atoms with Crippen molar-refractivity contribution in [2.45, 2.75) is 0 Å². The largest absolute Gasteiger partial charge is 0.345 e. The molecule has 0 radical (unpaired) electrons. The number of fused-ring (bicyclic) bond motifs is 2. The summed E-state index contributed by atoms with van der Waals surface area (Å²) in [7, 11) is 0. The molecule has 0 aliphatic rings. The molecule has 0 amide bonds. The van der Waals surface area contributed by atoms with Gasteiger partial charge in [0.1, 0.15) is 0 Å². The van der Waals surface area contributed by atoms with E-state index >= 15 is 0 Å². The van der Waals surface area contributed by atoms with Gasteiger partial charge in [-0.05, 0) is 17.3 Å². The molecule has 4 rings (SSSR count). The molecule has 0 aliphatic carbocycles. The molecule has 6 heteroatoms. The van der Waals surface area contributed by atoms with E-state index in [9.17, 15) is 0 Å². The number of H-pyrrole nitrogens is 2. The van der Waals surface area contributed by atoms with Crippen molar-refractivity contribution >= 4 is 21.9 Å². The van der Waals surface area contributed by atoms with Crippen molar-refractivity contribution in [2.24, 2.45) is 0 Å². The maximum atomic E-state index is 3.88. The van der Waals surface area contributed by atoms with Crippen LogP contribution in [0, 0.1) is 0 Å². The van der Waals surface area contributed by atoms with E-state index in [0.29, 0.717) is 0 Å². The summed E-state index contributed by atoms with van der Waals surface area (Å²) in [6.45, 7) is 0. The molecule has 0 aliphatic heterocycles. The molecule has 2 N–H and O–H groups in total. The van der Waals surface area contributed by atoms with Gasteiger partial charge in [-0.1, -0.05) is 18.2 Å². The second-order valence-corrected chi connectivity index (χ2v) is 3.67. The van der Waals surface area contributed by atoms with Gasteiger partial charge >= 0.3 is 0 Å². The van der Waals surface area contributed by atoms with E-state index in [1.54, 1.807) is 12.4 Å². The van der Waals surface area contributed by atoms with Crippen LogP contribution in [0.5, 0.6) is 0 Å². The molecule has 6 nitrogen and oxygen atoms in total. The Balaban J connectivity index is 0.000000111. The zero-order chi connectivity index (χ0) is 12.2. The molecule has 1 aromatic carbocycles. The maximum Gasteiger partial charge on any atom is 0.163 e. The molecular formula is C12H10N6. The van der Waals surface area contributed by atoms with Crippen molar-refractivity contribution in [3.63, 3.8) is 0 Å². The number of nitrogens with one attached hydrogen (secondary N) is 2. The van der Waals surface area contributed by atoms with Crippen LogP contribution in [-0.4, -0.2) is 30.6 Å². The molecule has 3 aromatic heterocycles. The molecule has 88 valence electrons. The van der Waals surface area contributed by atoms with E-state index in [1.165, 1.54) is 0 Å². The number of nitrogens with zero attached hydrogens (tertiary/aromatic N) is 4. The number of hydrogen-bond donors (Lipinski definition) is 2. The third kappa shape index (κ3) is 2.03. The Kier molecular flexibility index (Phi) is 2.67. The molecule has 0 spiro atoms. The Hall–Kier alpha value is -2.76. The summed E-state index contributed by atoms with van der Waals surface area (Å²) in [6, 6.07) is 9.91. The lowest BCUT2D eigenvalue weighted by Crippen LogP contribution is -1.83. The van der Waals surface area contributed by atoms with Crippen LogP contribution in [0.25, 0.3) is 21.9 Å². The first kappa shape index (κ1) is 10.4. The van der Waals surface area contributed by atoms with E-state index in [2.05, 4.69) is 30.6 Å². The minimum absolute atomic E-state index is 0.782. The lowest BCUT2D eigenvalue weighted by Gasteiger charge is -1.81. The summed E-state index contributed by atoms with van der Waals surface area (Å²) in [5.41, 5.74) is 1.88. The molecule has 0 atom stereocenters. The summed E-state index contributed by atoms with van der Waals surface area (Å²) in [5, 5.41) is 19.7. The van der Waals surface area contributed by atoms with Crippen LogP contribution < -0.4 is 0 Å². The summed E-state index contributed by atoms with van der Waals surface area (Å²) in [4.78, 5) is 2.91. The maximum absolute atomic E-state index is 3.88. The number of hydrogen-bond acceptors (Lipinski definition) is 4. The predicted molar refractivity (Wildman–Crippen MR) is 67.8 cm³/mol. The standard InChI is InChI=1S/C7H6N2.C5H4N4/c1-2-4-7-6(3-1)5-8-9-7;1-2-6-5-4(1)3-7-9-8-5/h1-5H,(H,8,9);1-3H,(H,6,7,8). The number of benzene rings is 1. The van der Waals surface area contributed by atoms with Crippen LogP contribution in [0.4, 0.5) is 0 Å². The van der Waals surface area contributed by atoms with Gasteiger partial charge < -0.3 is 4.98 Å². The normalized spacial score (nSPS) is 10.2. The Bertz CT molecular complexity index is 631. The van der Waals surface area contributed by atoms with Gasteiger partial charge in [0.2, 0.25) is 0 Å². The van der Waals surface area contributed by atoms with Crippen LogP contribution in [0.3, 0.4) is 0 Å². The highest BCUT2D eigenvalue weighted by molar-refractivity contribution is 5.77. The SMILES string of the molecule is c1cc2cnnnc2[nH]1.c1ccc2[nH]ncc2c1. The van der Waals surface area contributed by atoms with Crippen LogP contribution >= 0.6 is 0 Å². The lowest BCUT2D eigenvalue weighted by atomic mass is 10.3. The van der Waals surface area contributed by atoms with E-state index in [0.717, 1.165) is 21.9 Å². The van der Waals surface area contributed by atoms with Crippen LogP contribution in [0.15, 0.2) is 48.9 Å². The highest BCUT2D eigenvalue weighted by atomic mass is 15.3. The van der Waals surface area contributed by atoms with Crippen molar-refractivity contribution in [3.8, 4) is 0 Å². The van der Waals surface area contributed by atoms with Crippen molar-refractivity contribution in [1.29, 1.82) is 0 Å². The molecule has 0 saturated carbocycles. The van der Waals surface area contributed by atoms with Gasteiger partial charge in [0.25, 0.3) is 0 Å². The first-order chi connectivity index (χ1) is 8.93. The molecule has 3 heterocycles. The molecule has 0 unspecified atom stereocenters. The van der Waals surface area contributed by atoms with Gasteiger partial charge in [-0.25, -0.2) is 0 Å². The Morgan fingerprint density at radius 1 is 0.944 bits per heavy atom. The minimum atomic E-state index is 0.782. The van der Waals surface area contributed by atoms with Gasteiger partial charge in [-0.3, -0.25) is 5.10 Å². The summed E-state index contributed by atoms with van der Waals surface area (Å²) in [6.07, 6.45) is 5.29. The van der Waals surface area contributed by atoms with Crippen LogP contribution in [0.2, 0.25) is 0 Å². The first-order valence-corrected chi connectivity index (χ1v) is 5.43. The average Bonchev–Trinajstić information content (AvgIpc) is 3.08. The summed E-state index contributed by atoms with van der Waals surface area (Å²) >= 11 is 0. The fourth-order valence-electron chi connectivity index (χ4n) is 1.60. The van der Waals surface area contributed by atoms with Gasteiger partial charge in [-0.2, -0.15) is 5.10 Å². The molecular weight excluding hydrogens is 228 g/mol. The number of rotatable bonds is 0. The van der Waals surface area contributed by atoms with Crippen LogP contribution in [0.1, 0.15) is 0 Å².